The van der Waals surface area contributed by atoms with Crippen molar-refractivity contribution in [3.63, 3.8) is 0 Å². The molecule has 1 heterocycles. The van der Waals surface area contributed by atoms with Gasteiger partial charge < -0.3 is 4.57 Å². The van der Waals surface area contributed by atoms with E-state index in [0.29, 0.717) is 6.54 Å². The van der Waals surface area contributed by atoms with Crippen molar-refractivity contribution in [2.45, 2.75) is 19.1 Å². The van der Waals surface area contributed by atoms with Gasteiger partial charge in [-0.05, 0) is 53.1 Å². The highest BCUT2D eigenvalue weighted by atomic mass is 19.4. The van der Waals surface area contributed by atoms with E-state index in [9.17, 15) is 22.4 Å². The molecule has 0 radical (unpaired) electrons. The first-order chi connectivity index (χ1) is 15.8. The number of halogens is 4. The first kappa shape index (κ1) is 22.3. The maximum absolute atomic E-state index is 13.4. The summed E-state index contributed by atoms with van der Waals surface area (Å²) in [5.41, 5.74) is 4.34. The third-order valence-corrected chi connectivity index (χ3v) is 5.06. The molecule has 0 aliphatic rings. The van der Waals surface area contributed by atoms with Gasteiger partial charge in [-0.3, -0.25) is 4.79 Å². The van der Waals surface area contributed by atoms with E-state index in [0.717, 1.165) is 34.2 Å². The van der Waals surface area contributed by atoms with Crippen LogP contribution in [0.2, 0.25) is 0 Å². The van der Waals surface area contributed by atoms with E-state index in [1.165, 1.54) is 30.5 Å². The molecule has 0 aliphatic carbocycles. The maximum Gasteiger partial charge on any atom is 0.416 e. The molecule has 4 rings (SSSR count). The van der Waals surface area contributed by atoms with Crippen LogP contribution in [-0.2, 0) is 23.9 Å². The second-order valence-corrected chi connectivity index (χ2v) is 7.56. The van der Waals surface area contributed by atoms with Crippen LogP contribution in [0.5, 0.6) is 0 Å². The van der Waals surface area contributed by atoms with E-state index in [-0.39, 0.29) is 17.8 Å². The fraction of sp³-hybridized carbons (Fsp3) is 0.120. The van der Waals surface area contributed by atoms with Gasteiger partial charge in [0.25, 0.3) is 0 Å². The molecule has 0 unspecified atom stereocenters. The highest BCUT2D eigenvalue weighted by Gasteiger charge is 2.30. The zero-order chi connectivity index (χ0) is 23.4. The third-order valence-electron chi connectivity index (χ3n) is 5.06. The van der Waals surface area contributed by atoms with Gasteiger partial charge in [0.2, 0.25) is 5.91 Å². The van der Waals surface area contributed by atoms with E-state index >= 15 is 0 Å². The van der Waals surface area contributed by atoms with E-state index in [1.54, 1.807) is 6.07 Å². The Morgan fingerprint density at radius 1 is 0.970 bits per heavy atom. The number of carbonyl (C=O) groups excluding carboxylic acids is 1. The number of nitrogens with zero attached hydrogens (tertiary/aromatic N) is 2. The summed E-state index contributed by atoms with van der Waals surface area (Å²) in [6.07, 6.45) is -1.30. The molecule has 0 aliphatic heterocycles. The topological polar surface area (TPSA) is 46.4 Å². The Balaban J connectivity index is 1.39. The lowest BCUT2D eigenvalue weighted by atomic mass is 10.1. The Morgan fingerprint density at radius 3 is 2.55 bits per heavy atom. The normalized spacial score (nSPS) is 11.9. The Kier molecular flexibility index (Phi) is 6.26. The minimum Gasteiger partial charge on any atom is -0.343 e. The molecule has 0 saturated carbocycles. The van der Waals surface area contributed by atoms with Crippen LogP contribution in [0.1, 0.15) is 22.3 Å². The molecule has 3 aromatic carbocycles. The molecular weight excluding hydrogens is 434 g/mol. The molecule has 4 aromatic rings. The first-order valence-corrected chi connectivity index (χ1v) is 10.1. The Labute approximate surface area is 187 Å². The lowest BCUT2D eigenvalue weighted by Crippen LogP contribution is -2.20. The molecule has 8 heteroatoms. The first-order valence-electron chi connectivity index (χ1n) is 10.1. The third kappa shape index (κ3) is 5.65. The summed E-state index contributed by atoms with van der Waals surface area (Å²) in [7, 11) is 0. The van der Waals surface area contributed by atoms with Crippen LogP contribution < -0.4 is 5.43 Å². The molecule has 0 fully saturated rings. The molecule has 0 bridgehead atoms. The molecule has 0 atom stereocenters. The van der Waals surface area contributed by atoms with Gasteiger partial charge in [0.15, 0.2) is 0 Å². The predicted octanol–water partition coefficient (Wildman–Crippen LogP) is 5.54. The largest absolute Gasteiger partial charge is 0.416 e. The summed E-state index contributed by atoms with van der Waals surface area (Å²) in [5.74, 6) is -0.800. The fourth-order valence-corrected chi connectivity index (χ4v) is 3.53. The number of nitrogens with one attached hydrogen (secondary N) is 1. The number of carbonyl (C=O) groups is 1. The standard InChI is InChI=1S/C25H19F4N3O/c26-22-6-2-4-19(13-22)16-32-10-9-20-11-18(7-8-23(20)32)15-30-31-24(33)14-17-3-1-5-21(12-17)25(27,28)29/h1-13,15H,14,16H2,(H,31,33)/b30-15-. The molecular formula is C25H19F4N3O. The molecule has 0 saturated heterocycles. The smallest absolute Gasteiger partial charge is 0.343 e. The highest BCUT2D eigenvalue weighted by molar-refractivity contribution is 5.90. The molecule has 1 amide bonds. The summed E-state index contributed by atoms with van der Waals surface area (Å²) in [6.45, 7) is 0.528. The van der Waals surface area contributed by atoms with Crippen LogP contribution in [-0.4, -0.2) is 16.7 Å². The minimum atomic E-state index is -4.46. The Morgan fingerprint density at radius 2 is 1.76 bits per heavy atom. The van der Waals surface area contributed by atoms with Crippen molar-refractivity contribution in [1.82, 2.24) is 9.99 Å². The van der Waals surface area contributed by atoms with Gasteiger partial charge in [-0.15, -0.1) is 0 Å². The van der Waals surface area contributed by atoms with Crippen LogP contribution in [0.15, 0.2) is 84.1 Å². The SMILES string of the molecule is O=C(Cc1cccc(C(F)(F)F)c1)N/N=C\c1ccc2c(ccn2Cc2cccc(F)c2)c1. The molecule has 1 N–H and O–H groups in total. The average molecular weight is 453 g/mol. The summed E-state index contributed by atoms with van der Waals surface area (Å²) < 4.78 is 53.8. The Bertz CT molecular complexity index is 1320. The molecule has 168 valence electrons. The molecule has 4 nitrogen and oxygen atoms in total. The predicted molar refractivity (Wildman–Crippen MR) is 118 cm³/mol. The second kappa shape index (κ2) is 9.28. The molecule has 1 aromatic heterocycles. The van der Waals surface area contributed by atoms with Gasteiger partial charge in [-0.25, -0.2) is 9.82 Å². The van der Waals surface area contributed by atoms with Crippen molar-refractivity contribution in [2.75, 3.05) is 0 Å². The van der Waals surface area contributed by atoms with E-state index in [4.69, 9.17) is 0 Å². The van der Waals surface area contributed by atoms with Gasteiger partial charge in [-0.1, -0.05) is 36.4 Å². The van der Waals surface area contributed by atoms with Gasteiger partial charge in [0.05, 0.1) is 18.2 Å². The van der Waals surface area contributed by atoms with Gasteiger partial charge in [-0.2, -0.15) is 18.3 Å². The number of aromatic nitrogens is 1. The van der Waals surface area contributed by atoms with Crippen molar-refractivity contribution in [3.8, 4) is 0 Å². The Hall–Kier alpha value is -3.94. The number of hydrogen-bond acceptors (Lipinski definition) is 2. The van der Waals surface area contributed by atoms with Crippen molar-refractivity contribution in [1.29, 1.82) is 0 Å². The monoisotopic (exact) mass is 453 g/mol. The van der Waals surface area contributed by atoms with Crippen LogP contribution in [0.4, 0.5) is 17.6 Å². The van der Waals surface area contributed by atoms with E-state index in [1.807, 2.05) is 41.1 Å². The van der Waals surface area contributed by atoms with Crippen molar-refractivity contribution in [2.24, 2.45) is 5.10 Å². The van der Waals surface area contributed by atoms with Gasteiger partial charge in [0.1, 0.15) is 5.82 Å². The van der Waals surface area contributed by atoms with Crippen LogP contribution in [0.25, 0.3) is 10.9 Å². The number of fused-ring (bicyclic) bond motifs is 1. The number of amides is 1. The van der Waals surface area contributed by atoms with E-state index in [2.05, 4.69) is 10.5 Å². The summed E-state index contributed by atoms with van der Waals surface area (Å²) >= 11 is 0. The fourth-order valence-electron chi connectivity index (χ4n) is 3.53. The summed E-state index contributed by atoms with van der Waals surface area (Å²) in [4.78, 5) is 12.0. The van der Waals surface area contributed by atoms with E-state index < -0.39 is 17.6 Å². The van der Waals surface area contributed by atoms with Crippen molar-refractivity contribution >= 4 is 23.0 Å². The lowest BCUT2D eigenvalue weighted by molar-refractivity contribution is -0.137. The number of alkyl halides is 3. The summed E-state index contributed by atoms with van der Waals surface area (Å²) in [6, 6.07) is 18.6. The maximum atomic E-state index is 13.4. The van der Waals surface area contributed by atoms with Crippen LogP contribution >= 0.6 is 0 Å². The second-order valence-electron chi connectivity index (χ2n) is 7.56. The number of benzene rings is 3. The van der Waals surface area contributed by atoms with Gasteiger partial charge >= 0.3 is 6.18 Å². The number of hydrogen-bond donors (Lipinski definition) is 1. The zero-order valence-corrected chi connectivity index (χ0v) is 17.3. The zero-order valence-electron chi connectivity index (χ0n) is 17.3. The molecule has 33 heavy (non-hydrogen) atoms. The van der Waals surface area contributed by atoms with Crippen LogP contribution in [0, 0.1) is 5.82 Å². The average Bonchev–Trinajstić information content (AvgIpc) is 3.15. The lowest BCUT2D eigenvalue weighted by Gasteiger charge is -2.08. The van der Waals surface area contributed by atoms with Crippen LogP contribution in [0.3, 0.4) is 0 Å². The quantitative estimate of drug-likeness (QED) is 0.233. The highest BCUT2D eigenvalue weighted by Crippen LogP contribution is 2.29. The minimum absolute atomic E-state index is 0.219. The van der Waals surface area contributed by atoms with Gasteiger partial charge in [0, 0.05) is 23.6 Å². The number of rotatable bonds is 6. The van der Waals surface area contributed by atoms with Crippen molar-refractivity contribution in [3.05, 3.63) is 107 Å². The number of hydrazone groups is 1. The summed E-state index contributed by atoms with van der Waals surface area (Å²) in [5, 5.41) is 4.85. The van der Waals surface area contributed by atoms with Crippen molar-refractivity contribution < 1.29 is 22.4 Å². The molecule has 0 spiro atoms.